The molecule has 0 fully saturated rings. The van der Waals surface area contributed by atoms with Crippen molar-refractivity contribution in [1.82, 2.24) is 4.57 Å². The van der Waals surface area contributed by atoms with Gasteiger partial charge in [-0.05, 0) is 52.3 Å². The summed E-state index contributed by atoms with van der Waals surface area (Å²) < 4.78 is 8.44. The first kappa shape index (κ1) is 12.1. The van der Waals surface area contributed by atoms with Crippen LogP contribution in [0.4, 0.5) is 5.69 Å². The highest BCUT2D eigenvalue weighted by atomic mass is 79.9. The Kier molecular flexibility index (Phi) is 3.42. The number of benzene rings is 1. The smallest absolute Gasteiger partial charge is 0.136 e. The minimum atomic E-state index is 0.655. The van der Waals surface area contributed by atoms with Crippen LogP contribution < -0.4 is 5.32 Å². The molecule has 0 saturated carbocycles. The lowest BCUT2D eigenvalue weighted by Crippen LogP contribution is -1.99. The van der Waals surface area contributed by atoms with E-state index in [9.17, 15) is 0 Å². The number of anilines is 1. The van der Waals surface area contributed by atoms with E-state index in [-0.39, 0.29) is 0 Å². The molecular formula is C15H13BrN2O. The largest absolute Gasteiger partial charge is 0.466 e. The van der Waals surface area contributed by atoms with Crippen molar-refractivity contribution in [3.63, 3.8) is 0 Å². The maximum atomic E-state index is 5.37. The normalized spacial score (nSPS) is 10.6. The molecule has 1 N–H and O–H groups in total. The Balaban J connectivity index is 1.75. The van der Waals surface area contributed by atoms with Crippen LogP contribution in [0.1, 0.15) is 5.76 Å². The molecule has 2 aromatic heterocycles. The molecule has 0 amide bonds. The summed E-state index contributed by atoms with van der Waals surface area (Å²) in [6.45, 7) is 0.655. The highest BCUT2D eigenvalue weighted by molar-refractivity contribution is 9.10. The van der Waals surface area contributed by atoms with Crippen LogP contribution in [0.25, 0.3) is 5.69 Å². The van der Waals surface area contributed by atoms with Gasteiger partial charge in [0, 0.05) is 23.8 Å². The van der Waals surface area contributed by atoms with Crippen LogP contribution >= 0.6 is 15.9 Å². The van der Waals surface area contributed by atoms with E-state index in [1.807, 2.05) is 42.7 Å². The Morgan fingerprint density at radius 1 is 1.11 bits per heavy atom. The average molecular weight is 317 g/mol. The molecule has 3 rings (SSSR count). The third kappa shape index (κ3) is 2.74. The molecule has 0 atom stereocenters. The Morgan fingerprint density at radius 2 is 1.95 bits per heavy atom. The molecule has 3 nitrogen and oxygen atoms in total. The van der Waals surface area contributed by atoms with Crippen molar-refractivity contribution >= 4 is 21.6 Å². The number of halogens is 1. The third-order valence-corrected chi connectivity index (χ3v) is 3.60. The first-order valence-corrected chi connectivity index (χ1v) is 6.81. The lowest BCUT2D eigenvalue weighted by molar-refractivity contribution is 0.516. The van der Waals surface area contributed by atoms with E-state index in [2.05, 4.69) is 37.9 Å². The molecule has 0 spiro atoms. The summed E-state index contributed by atoms with van der Waals surface area (Å²) in [6, 6.07) is 14.2. The zero-order chi connectivity index (χ0) is 13.1. The molecule has 0 aliphatic rings. The van der Waals surface area contributed by atoms with E-state index in [4.69, 9.17) is 4.42 Å². The lowest BCUT2D eigenvalue weighted by Gasteiger charge is -2.08. The Bertz CT molecular complexity index is 658. The monoisotopic (exact) mass is 316 g/mol. The predicted molar refractivity (Wildman–Crippen MR) is 79.5 cm³/mol. The van der Waals surface area contributed by atoms with Crippen molar-refractivity contribution in [3.8, 4) is 5.69 Å². The van der Waals surface area contributed by atoms with Crippen molar-refractivity contribution in [3.05, 3.63) is 71.4 Å². The standard InChI is InChI=1S/C15H13BrN2O/c16-14-6-9-19-15(14)11-17-12-4-3-5-13(10-12)18-7-1-2-8-18/h1-10,17H,11H2. The fourth-order valence-corrected chi connectivity index (χ4v) is 2.26. The summed E-state index contributed by atoms with van der Waals surface area (Å²) in [6.07, 6.45) is 5.74. The Morgan fingerprint density at radius 3 is 2.68 bits per heavy atom. The summed E-state index contributed by atoms with van der Waals surface area (Å²) in [4.78, 5) is 0. The van der Waals surface area contributed by atoms with Gasteiger partial charge in [-0.1, -0.05) is 6.07 Å². The van der Waals surface area contributed by atoms with Crippen LogP contribution in [0.15, 0.2) is 70.0 Å². The van der Waals surface area contributed by atoms with Crippen LogP contribution in [-0.2, 0) is 6.54 Å². The quantitative estimate of drug-likeness (QED) is 0.771. The second-order valence-corrected chi connectivity index (χ2v) is 5.04. The van der Waals surface area contributed by atoms with Gasteiger partial charge in [-0.2, -0.15) is 0 Å². The third-order valence-electron chi connectivity index (χ3n) is 2.89. The molecule has 2 heterocycles. The highest BCUT2D eigenvalue weighted by Crippen LogP contribution is 2.20. The van der Waals surface area contributed by atoms with Gasteiger partial charge >= 0.3 is 0 Å². The molecule has 0 aliphatic carbocycles. The number of furan rings is 1. The number of aromatic nitrogens is 1. The molecule has 19 heavy (non-hydrogen) atoms. The van der Waals surface area contributed by atoms with Crippen LogP contribution in [-0.4, -0.2) is 4.57 Å². The molecule has 4 heteroatoms. The summed E-state index contributed by atoms with van der Waals surface area (Å²) >= 11 is 3.45. The van der Waals surface area contributed by atoms with Gasteiger partial charge in [0.15, 0.2) is 0 Å². The lowest BCUT2D eigenvalue weighted by atomic mass is 10.2. The van der Waals surface area contributed by atoms with Gasteiger partial charge in [0.25, 0.3) is 0 Å². The molecule has 3 aromatic rings. The van der Waals surface area contributed by atoms with Crippen molar-refractivity contribution in [1.29, 1.82) is 0 Å². The molecular weight excluding hydrogens is 304 g/mol. The van der Waals surface area contributed by atoms with Gasteiger partial charge in [0.2, 0.25) is 0 Å². The van der Waals surface area contributed by atoms with E-state index in [0.29, 0.717) is 6.54 Å². The van der Waals surface area contributed by atoms with E-state index < -0.39 is 0 Å². The molecule has 0 bridgehead atoms. The number of nitrogens with zero attached hydrogens (tertiary/aromatic N) is 1. The summed E-state index contributed by atoms with van der Waals surface area (Å²) in [5.41, 5.74) is 2.20. The number of hydrogen-bond acceptors (Lipinski definition) is 2. The van der Waals surface area contributed by atoms with Gasteiger partial charge in [-0.3, -0.25) is 0 Å². The number of rotatable bonds is 4. The second kappa shape index (κ2) is 5.36. The molecule has 96 valence electrons. The predicted octanol–water partition coefficient (Wildman–Crippen LogP) is 4.44. The van der Waals surface area contributed by atoms with Gasteiger partial charge < -0.3 is 14.3 Å². The Labute approximate surface area is 120 Å². The zero-order valence-electron chi connectivity index (χ0n) is 10.2. The van der Waals surface area contributed by atoms with Crippen LogP contribution in [0.5, 0.6) is 0 Å². The SMILES string of the molecule is Brc1ccoc1CNc1cccc(-n2cccc2)c1. The van der Waals surface area contributed by atoms with Crippen molar-refractivity contribution in [2.24, 2.45) is 0 Å². The van der Waals surface area contributed by atoms with Gasteiger partial charge in [-0.25, -0.2) is 0 Å². The van der Waals surface area contributed by atoms with Crippen molar-refractivity contribution in [2.75, 3.05) is 5.32 Å². The van der Waals surface area contributed by atoms with Gasteiger partial charge in [0.05, 0.1) is 17.3 Å². The summed E-state index contributed by atoms with van der Waals surface area (Å²) in [5, 5.41) is 3.35. The van der Waals surface area contributed by atoms with E-state index in [1.54, 1.807) is 6.26 Å². The Hall–Kier alpha value is -1.94. The van der Waals surface area contributed by atoms with E-state index >= 15 is 0 Å². The first-order valence-electron chi connectivity index (χ1n) is 6.02. The molecule has 0 aliphatic heterocycles. The maximum Gasteiger partial charge on any atom is 0.136 e. The number of nitrogens with one attached hydrogen (secondary N) is 1. The summed E-state index contributed by atoms with van der Waals surface area (Å²) in [5.74, 6) is 0.895. The summed E-state index contributed by atoms with van der Waals surface area (Å²) in [7, 11) is 0. The number of hydrogen-bond donors (Lipinski definition) is 1. The molecule has 0 saturated heterocycles. The molecule has 0 unspecified atom stereocenters. The van der Waals surface area contributed by atoms with Crippen LogP contribution in [0, 0.1) is 0 Å². The minimum absolute atomic E-state index is 0.655. The second-order valence-electron chi connectivity index (χ2n) is 4.19. The maximum absolute atomic E-state index is 5.37. The van der Waals surface area contributed by atoms with Gasteiger partial charge in [0.1, 0.15) is 5.76 Å². The fourth-order valence-electron chi connectivity index (χ4n) is 1.92. The van der Waals surface area contributed by atoms with E-state index in [0.717, 1.165) is 21.6 Å². The van der Waals surface area contributed by atoms with Crippen molar-refractivity contribution < 1.29 is 4.42 Å². The molecule has 1 aromatic carbocycles. The fraction of sp³-hybridized carbons (Fsp3) is 0.0667. The van der Waals surface area contributed by atoms with Crippen LogP contribution in [0.3, 0.4) is 0 Å². The highest BCUT2D eigenvalue weighted by Gasteiger charge is 2.03. The first-order chi connectivity index (χ1) is 9.33. The van der Waals surface area contributed by atoms with Crippen molar-refractivity contribution in [2.45, 2.75) is 6.54 Å². The topological polar surface area (TPSA) is 30.1 Å². The zero-order valence-corrected chi connectivity index (χ0v) is 11.8. The minimum Gasteiger partial charge on any atom is -0.466 e. The molecule has 0 radical (unpaired) electrons. The van der Waals surface area contributed by atoms with E-state index in [1.165, 1.54) is 0 Å². The average Bonchev–Trinajstić information content (AvgIpc) is 3.08. The van der Waals surface area contributed by atoms with Gasteiger partial charge in [-0.15, -0.1) is 0 Å². The van der Waals surface area contributed by atoms with Crippen LogP contribution in [0.2, 0.25) is 0 Å².